The number of aromatic nitrogens is 1. The van der Waals surface area contributed by atoms with E-state index in [1.165, 1.54) is 6.20 Å². The molecular weight excluding hydrogens is 316 g/mol. The Morgan fingerprint density at radius 3 is 2.84 bits per heavy atom. The van der Waals surface area contributed by atoms with Crippen LogP contribution in [0.3, 0.4) is 0 Å². The second-order valence-electron chi connectivity index (χ2n) is 5.79. The molecule has 0 aliphatic carbocycles. The molecule has 1 aromatic carbocycles. The maximum absolute atomic E-state index is 11.3. The van der Waals surface area contributed by atoms with Crippen LogP contribution in [0.2, 0.25) is 0 Å². The molecule has 0 atom stereocenters. The predicted molar refractivity (Wildman–Crippen MR) is 97.1 cm³/mol. The largest absolute Gasteiger partial charge is 0.488 e. The van der Waals surface area contributed by atoms with Gasteiger partial charge in [-0.2, -0.15) is 0 Å². The van der Waals surface area contributed by atoms with Gasteiger partial charge in [-0.1, -0.05) is 19.1 Å². The van der Waals surface area contributed by atoms with E-state index in [1.54, 1.807) is 6.07 Å². The second-order valence-corrected chi connectivity index (χ2v) is 5.79. The molecule has 1 aliphatic rings. The number of ether oxygens (including phenoxy) is 1. The maximum atomic E-state index is 11.3. The number of fused-ring (bicyclic) bond motifs is 1. The smallest absolute Gasteiger partial charge is 0.176 e. The van der Waals surface area contributed by atoms with Crippen LogP contribution in [0, 0.1) is 0 Å². The van der Waals surface area contributed by atoms with Crippen LogP contribution in [-0.2, 0) is 6.42 Å². The SMILES string of the molecule is CC/C=C/Cc1cc(N2CCOc3cc(C=O)cnc32)ccc1C=O. The molecule has 0 spiro atoms. The Balaban J connectivity index is 1.97. The lowest BCUT2D eigenvalue weighted by Gasteiger charge is -2.30. The monoisotopic (exact) mass is 336 g/mol. The lowest BCUT2D eigenvalue weighted by Crippen LogP contribution is -2.29. The maximum Gasteiger partial charge on any atom is 0.176 e. The lowest BCUT2D eigenvalue weighted by molar-refractivity contribution is 0.111. The van der Waals surface area contributed by atoms with Gasteiger partial charge in [0.05, 0.1) is 6.54 Å². The number of anilines is 2. The summed E-state index contributed by atoms with van der Waals surface area (Å²) in [5.41, 5.74) is 3.13. The van der Waals surface area contributed by atoms with Crippen LogP contribution in [0.15, 0.2) is 42.6 Å². The Hall–Kier alpha value is -2.95. The van der Waals surface area contributed by atoms with Crippen molar-refractivity contribution in [1.29, 1.82) is 0 Å². The molecule has 1 aliphatic heterocycles. The number of pyridine rings is 1. The number of nitrogens with zero attached hydrogens (tertiary/aromatic N) is 2. The quantitative estimate of drug-likeness (QED) is 0.594. The van der Waals surface area contributed by atoms with Crippen molar-refractivity contribution in [2.45, 2.75) is 19.8 Å². The standard InChI is InChI=1S/C20H20N2O3/c1-2-3-4-5-16-11-18(7-6-17(16)14-24)22-8-9-25-19-10-15(13-23)12-21-20(19)22/h3-4,6-7,10-14H,2,5,8-9H2,1H3/b4-3+. The molecule has 1 aromatic heterocycles. The van der Waals surface area contributed by atoms with Crippen LogP contribution >= 0.6 is 0 Å². The minimum Gasteiger partial charge on any atom is -0.488 e. The molecule has 2 aromatic rings. The summed E-state index contributed by atoms with van der Waals surface area (Å²) in [5, 5.41) is 0. The molecule has 3 rings (SSSR count). The second kappa shape index (κ2) is 7.75. The van der Waals surface area contributed by atoms with Crippen LogP contribution in [0.25, 0.3) is 0 Å². The highest BCUT2D eigenvalue weighted by Crippen LogP contribution is 2.35. The molecule has 0 saturated heterocycles. The normalized spacial score (nSPS) is 13.4. The van der Waals surface area contributed by atoms with E-state index >= 15 is 0 Å². The van der Waals surface area contributed by atoms with Crippen LogP contribution in [-0.4, -0.2) is 30.7 Å². The van der Waals surface area contributed by atoms with Crippen molar-refractivity contribution in [3.63, 3.8) is 0 Å². The molecule has 5 nitrogen and oxygen atoms in total. The first kappa shape index (κ1) is 16.9. The number of allylic oxidation sites excluding steroid dienone is 2. The first-order chi connectivity index (χ1) is 12.3. The molecule has 0 saturated carbocycles. The minimum atomic E-state index is 0.488. The van der Waals surface area contributed by atoms with Gasteiger partial charge in [0.25, 0.3) is 0 Å². The van der Waals surface area contributed by atoms with Crippen molar-refractivity contribution in [2.75, 3.05) is 18.1 Å². The third kappa shape index (κ3) is 3.60. The summed E-state index contributed by atoms with van der Waals surface area (Å²) >= 11 is 0. The molecular formula is C20H20N2O3. The Morgan fingerprint density at radius 2 is 2.08 bits per heavy atom. The summed E-state index contributed by atoms with van der Waals surface area (Å²) < 4.78 is 5.64. The number of hydrogen-bond donors (Lipinski definition) is 0. The number of carbonyl (C=O) groups excluding carboxylic acids is 2. The summed E-state index contributed by atoms with van der Waals surface area (Å²) in [6, 6.07) is 7.48. The first-order valence-corrected chi connectivity index (χ1v) is 8.35. The van der Waals surface area contributed by atoms with Crippen LogP contribution in [0.5, 0.6) is 5.75 Å². The molecule has 0 fully saturated rings. The zero-order valence-electron chi connectivity index (χ0n) is 14.1. The van der Waals surface area contributed by atoms with Gasteiger partial charge >= 0.3 is 0 Å². The van der Waals surface area contributed by atoms with Gasteiger partial charge in [-0.3, -0.25) is 9.59 Å². The molecule has 0 bridgehead atoms. The van der Waals surface area contributed by atoms with Crippen molar-refractivity contribution in [3.8, 4) is 5.75 Å². The third-order valence-electron chi connectivity index (χ3n) is 4.12. The number of carbonyl (C=O) groups is 2. The van der Waals surface area contributed by atoms with Gasteiger partial charge in [0.1, 0.15) is 12.9 Å². The summed E-state index contributed by atoms with van der Waals surface area (Å²) in [6.07, 6.45) is 9.04. The first-order valence-electron chi connectivity index (χ1n) is 8.35. The van der Waals surface area contributed by atoms with Crippen molar-refractivity contribution >= 4 is 24.1 Å². The Morgan fingerprint density at radius 1 is 1.20 bits per heavy atom. The highest BCUT2D eigenvalue weighted by Gasteiger charge is 2.22. The summed E-state index contributed by atoms with van der Waals surface area (Å²) in [6.45, 7) is 3.25. The molecule has 0 amide bonds. The van der Waals surface area contributed by atoms with Gasteiger partial charge in [-0.15, -0.1) is 0 Å². The van der Waals surface area contributed by atoms with Crippen molar-refractivity contribution < 1.29 is 14.3 Å². The topological polar surface area (TPSA) is 59.5 Å². The summed E-state index contributed by atoms with van der Waals surface area (Å²) in [4.78, 5) is 28.7. The van der Waals surface area contributed by atoms with E-state index in [4.69, 9.17) is 4.74 Å². The minimum absolute atomic E-state index is 0.488. The van der Waals surface area contributed by atoms with Crippen LogP contribution in [0.1, 0.15) is 39.6 Å². The van der Waals surface area contributed by atoms with Crippen molar-refractivity contribution in [1.82, 2.24) is 4.98 Å². The Kier molecular flexibility index (Phi) is 5.23. The van der Waals surface area contributed by atoms with Crippen molar-refractivity contribution in [2.24, 2.45) is 0 Å². The number of rotatable bonds is 6. The fourth-order valence-corrected chi connectivity index (χ4v) is 2.86. The van der Waals surface area contributed by atoms with Gasteiger partial charge in [0, 0.05) is 23.0 Å². The zero-order chi connectivity index (χ0) is 17.6. The number of benzene rings is 1. The number of aldehydes is 2. The summed E-state index contributed by atoms with van der Waals surface area (Å²) in [5.74, 6) is 1.29. The predicted octanol–water partition coefficient (Wildman–Crippen LogP) is 3.75. The molecule has 2 heterocycles. The molecule has 0 N–H and O–H groups in total. The van der Waals surface area contributed by atoms with Crippen molar-refractivity contribution in [3.05, 3.63) is 59.3 Å². The molecule has 5 heteroatoms. The van der Waals surface area contributed by atoms with E-state index < -0.39 is 0 Å². The highest BCUT2D eigenvalue weighted by atomic mass is 16.5. The van der Waals surface area contributed by atoms with Crippen LogP contribution in [0.4, 0.5) is 11.5 Å². The van der Waals surface area contributed by atoms with E-state index in [2.05, 4.69) is 29.0 Å². The lowest BCUT2D eigenvalue weighted by atomic mass is 10.0. The average molecular weight is 336 g/mol. The van der Waals surface area contributed by atoms with Gasteiger partial charge in [-0.05, 0) is 42.7 Å². The highest BCUT2D eigenvalue weighted by molar-refractivity contribution is 5.81. The fraction of sp³-hybridized carbons (Fsp3) is 0.250. The van der Waals surface area contributed by atoms with E-state index in [0.717, 1.165) is 30.2 Å². The molecule has 25 heavy (non-hydrogen) atoms. The Bertz CT molecular complexity index is 815. The van der Waals surface area contributed by atoms with Gasteiger partial charge < -0.3 is 9.64 Å². The zero-order valence-corrected chi connectivity index (χ0v) is 14.1. The summed E-state index contributed by atoms with van der Waals surface area (Å²) in [7, 11) is 0. The van der Waals surface area contributed by atoms with Crippen LogP contribution < -0.4 is 9.64 Å². The van der Waals surface area contributed by atoms with Gasteiger partial charge in [0.2, 0.25) is 0 Å². The third-order valence-corrected chi connectivity index (χ3v) is 4.12. The molecule has 128 valence electrons. The van der Waals surface area contributed by atoms with E-state index in [0.29, 0.717) is 42.3 Å². The van der Waals surface area contributed by atoms with E-state index in [9.17, 15) is 9.59 Å². The molecule has 0 unspecified atom stereocenters. The molecule has 0 radical (unpaired) electrons. The fourth-order valence-electron chi connectivity index (χ4n) is 2.86. The number of hydrogen-bond acceptors (Lipinski definition) is 5. The Labute approximate surface area is 146 Å². The average Bonchev–Trinajstić information content (AvgIpc) is 2.67. The van der Waals surface area contributed by atoms with Gasteiger partial charge in [-0.25, -0.2) is 4.98 Å². The van der Waals surface area contributed by atoms with Gasteiger partial charge in [0.15, 0.2) is 17.9 Å². The van der Waals surface area contributed by atoms with E-state index in [1.807, 2.05) is 18.2 Å². The van der Waals surface area contributed by atoms with E-state index in [-0.39, 0.29) is 0 Å².